The fourth-order valence-electron chi connectivity index (χ4n) is 4.70. The molecule has 0 aliphatic rings. The van der Waals surface area contributed by atoms with Gasteiger partial charge in [-0.15, -0.1) is 0 Å². The van der Waals surface area contributed by atoms with E-state index in [4.69, 9.17) is 0 Å². The number of carbonyl (C=O) groups is 5. The summed E-state index contributed by atoms with van der Waals surface area (Å²) in [5.74, 6) is -5.57. The summed E-state index contributed by atoms with van der Waals surface area (Å²) >= 11 is 0. The van der Waals surface area contributed by atoms with Crippen molar-refractivity contribution < 1.29 is 71.9 Å². The van der Waals surface area contributed by atoms with Gasteiger partial charge in [0, 0.05) is 29.8 Å². The van der Waals surface area contributed by atoms with Gasteiger partial charge in [-0.1, -0.05) is 133 Å². The van der Waals surface area contributed by atoms with Crippen LogP contribution in [0, 0.1) is 29.6 Å². The molecular formula is C40H75NbO10. The number of rotatable bonds is 25. The molecule has 0 aromatic rings. The third-order valence-corrected chi connectivity index (χ3v) is 8.66. The van der Waals surface area contributed by atoms with Gasteiger partial charge in [0.25, 0.3) is 0 Å². The molecule has 0 heterocycles. The van der Waals surface area contributed by atoms with Crippen LogP contribution in [0.25, 0.3) is 0 Å². The fraction of sp³-hybridized carbons (Fsp3) is 0.875. The predicted octanol–water partition coefficient (Wildman–Crippen LogP) is 4.76. The Labute approximate surface area is 327 Å². The maximum absolute atomic E-state index is 10.3. The smallest absolute Gasteiger partial charge is 0.550 e. The van der Waals surface area contributed by atoms with Gasteiger partial charge in [0.05, 0.1) is 0 Å². The van der Waals surface area contributed by atoms with Crippen LogP contribution in [-0.2, 0) is 46.4 Å². The molecule has 0 N–H and O–H groups in total. The van der Waals surface area contributed by atoms with E-state index in [0.717, 1.165) is 96.3 Å². The van der Waals surface area contributed by atoms with Crippen molar-refractivity contribution in [1.82, 2.24) is 0 Å². The van der Waals surface area contributed by atoms with Crippen molar-refractivity contribution >= 4 is 29.8 Å². The molecule has 0 aromatic carbocycles. The van der Waals surface area contributed by atoms with Crippen LogP contribution < -0.4 is 25.5 Å². The van der Waals surface area contributed by atoms with Crippen LogP contribution in [-0.4, -0.2) is 29.8 Å². The normalized spacial score (nSPS) is 12.7. The fourth-order valence-corrected chi connectivity index (χ4v) is 4.70. The second-order valence-corrected chi connectivity index (χ2v) is 12.8. The van der Waals surface area contributed by atoms with Crippen molar-refractivity contribution in [2.24, 2.45) is 29.6 Å². The van der Waals surface area contributed by atoms with Crippen molar-refractivity contribution in [2.75, 3.05) is 0 Å². The number of carboxylic acid groups (broad SMARTS) is 5. The van der Waals surface area contributed by atoms with E-state index in [0.29, 0.717) is 32.1 Å². The SMILES string of the molecule is CCCCC(CC)C(=O)[O-].CCCCC(CC)C(=O)[O-].CCCCC(CC)C(=O)[O-].CCCCC(CC)C(=O)[O-].CCCCC(CC)C(=O)[O-].[Nb+5]. The summed E-state index contributed by atoms with van der Waals surface area (Å²) in [5, 5.41) is 51.6. The molecule has 0 aliphatic heterocycles. The Morgan fingerprint density at radius 3 is 0.490 bits per heavy atom. The molecule has 0 saturated carbocycles. The Morgan fingerprint density at radius 2 is 0.431 bits per heavy atom. The second kappa shape index (κ2) is 46.1. The van der Waals surface area contributed by atoms with Crippen molar-refractivity contribution in [3.05, 3.63) is 0 Å². The molecule has 0 spiro atoms. The van der Waals surface area contributed by atoms with Gasteiger partial charge in [-0.3, -0.25) is 0 Å². The third kappa shape index (κ3) is 44.2. The summed E-state index contributed by atoms with van der Waals surface area (Å²) in [7, 11) is 0. The Morgan fingerprint density at radius 1 is 0.314 bits per heavy atom. The zero-order valence-electron chi connectivity index (χ0n) is 34.1. The summed E-state index contributed by atoms with van der Waals surface area (Å²) < 4.78 is 0. The molecule has 10 nitrogen and oxygen atoms in total. The molecule has 5 unspecified atom stereocenters. The molecule has 51 heavy (non-hydrogen) atoms. The molecular weight excluding hydrogens is 733 g/mol. The average molecular weight is 809 g/mol. The average Bonchev–Trinajstić information content (AvgIpc) is 3.07. The minimum absolute atomic E-state index is 0. The summed E-state index contributed by atoms with van der Waals surface area (Å²) in [6.45, 7) is 19.7. The van der Waals surface area contributed by atoms with Gasteiger partial charge in [-0.05, 0) is 93.8 Å². The van der Waals surface area contributed by atoms with Gasteiger partial charge in [-0.25, -0.2) is 0 Å². The van der Waals surface area contributed by atoms with Crippen LogP contribution in [0.1, 0.15) is 198 Å². The molecule has 0 bridgehead atoms. The van der Waals surface area contributed by atoms with Crippen LogP contribution in [0.3, 0.4) is 0 Å². The first-order valence-corrected chi connectivity index (χ1v) is 19.6. The molecule has 5 atom stereocenters. The number of carbonyl (C=O) groups excluding carboxylic acids is 5. The van der Waals surface area contributed by atoms with E-state index >= 15 is 0 Å². The molecule has 0 aromatic heterocycles. The molecule has 0 aliphatic carbocycles. The van der Waals surface area contributed by atoms with E-state index in [2.05, 4.69) is 34.6 Å². The number of unbranched alkanes of at least 4 members (excludes halogenated alkanes) is 5. The zero-order chi connectivity index (χ0) is 39.9. The first kappa shape index (κ1) is 61.1. The molecule has 11 heteroatoms. The zero-order valence-corrected chi connectivity index (χ0v) is 36.3. The van der Waals surface area contributed by atoms with E-state index in [9.17, 15) is 49.5 Å². The molecule has 300 valence electrons. The van der Waals surface area contributed by atoms with Crippen molar-refractivity contribution in [3.8, 4) is 0 Å². The number of hydrogen-bond acceptors (Lipinski definition) is 10. The third-order valence-electron chi connectivity index (χ3n) is 8.66. The maximum atomic E-state index is 10.3. The monoisotopic (exact) mass is 808 g/mol. The standard InChI is InChI=1S/5C8H16O2.Nb/c5*1-3-5-6-7(4-2)8(9)10;/h5*7H,3-6H2,1-2H3,(H,9,10);/q;;;;;+5/p-5. The molecule has 0 rings (SSSR count). The van der Waals surface area contributed by atoms with Crippen molar-refractivity contribution in [1.29, 1.82) is 0 Å². The molecule has 0 radical (unpaired) electrons. The van der Waals surface area contributed by atoms with E-state index in [-0.39, 0.29) is 52.0 Å². The summed E-state index contributed by atoms with van der Waals surface area (Å²) in [5.41, 5.74) is 0. The largest absolute Gasteiger partial charge is 5.00 e. The minimum Gasteiger partial charge on any atom is -0.550 e. The van der Waals surface area contributed by atoms with E-state index in [1.807, 2.05) is 34.6 Å². The second-order valence-electron chi connectivity index (χ2n) is 12.8. The summed E-state index contributed by atoms with van der Waals surface area (Å²) in [6, 6.07) is 0. The molecule has 0 saturated heterocycles. The van der Waals surface area contributed by atoms with Gasteiger partial charge < -0.3 is 49.5 Å². The van der Waals surface area contributed by atoms with Crippen molar-refractivity contribution in [2.45, 2.75) is 198 Å². The van der Waals surface area contributed by atoms with Gasteiger partial charge in [0.2, 0.25) is 0 Å². The Kier molecular flexibility index (Phi) is 55.3. The topological polar surface area (TPSA) is 201 Å². The minimum atomic E-state index is -0.893. The Balaban J connectivity index is -0.000000123. The van der Waals surface area contributed by atoms with E-state index in [1.165, 1.54) is 0 Å². The van der Waals surface area contributed by atoms with E-state index < -0.39 is 29.8 Å². The van der Waals surface area contributed by atoms with Crippen LogP contribution in [0.15, 0.2) is 0 Å². The quantitative estimate of drug-likeness (QED) is 0.116. The number of aliphatic carboxylic acids is 5. The van der Waals surface area contributed by atoms with Gasteiger partial charge in [0.15, 0.2) is 0 Å². The first-order chi connectivity index (χ1) is 23.6. The predicted molar refractivity (Wildman–Crippen MR) is 192 cm³/mol. The maximum Gasteiger partial charge on any atom is 5.00 e. The number of hydrogen-bond donors (Lipinski definition) is 0. The summed E-state index contributed by atoms with van der Waals surface area (Å²) in [6.07, 6.45) is 17.6. The van der Waals surface area contributed by atoms with Crippen LogP contribution in [0.4, 0.5) is 0 Å². The Bertz CT molecular complexity index is 655. The summed E-state index contributed by atoms with van der Waals surface area (Å²) in [4.78, 5) is 51.6. The van der Waals surface area contributed by atoms with Crippen LogP contribution >= 0.6 is 0 Å². The molecule has 0 amide bonds. The first-order valence-electron chi connectivity index (χ1n) is 19.6. The van der Waals surface area contributed by atoms with E-state index in [1.54, 1.807) is 0 Å². The van der Waals surface area contributed by atoms with Gasteiger partial charge >= 0.3 is 22.4 Å². The van der Waals surface area contributed by atoms with Gasteiger partial charge in [0.1, 0.15) is 0 Å². The van der Waals surface area contributed by atoms with Crippen molar-refractivity contribution in [3.63, 3.8) is 0 Å². The van der Waals surface area contributed by atoms with Crippen LogP contribution in [0.2, 0.25) is 0 Å². The number of carboxylic acids is 5. The Hall–Kier alpha value is -1.91. The van der Waals surface area contributed by atoms with Crippen LogP contribution in [0.5, 0.6) is 0 Å². The van der Waals surface area contributed by atoms with Gasteiger partial charge in [-0.2, -0.15) is 0 Å². The molecule has 0 fully saturated rings.